The summed E-state index contributed by atoms with van der Waals surface area (Å²) in [5.41, 5.74) is 0.678. The van der Waals surface area contributed by atoms with Gasteiger partial charge in [-0.05, 0) is 31.9 Å². The maximum Gasteiger partial charge on any atom is 0.340 e. The van der Waals surface area contributed by atoms with Crippen LogP contribution in [0.3, 0.4) is 0 Å². The van der Waals surface area contributed by atoms with Crippen LogP contribution in [-0.4, -0.2) is 37.0 Å². The van der Waals surface area contributed by atoms with E-state index in [1.807, 2.05) is 0 Å². The van der Waals surface area contributed by atoms with Crippen LogP contribution in [0.2, 0.25) is 0 Å². The SMILES string of the molecule is CCOC(=O)c1ccccc1N(CC(=O)NC1CCCCC1)C(C)=O. The second-order valence-corrected chi connectivity index (χ2v) is 6.25. The lowest BCUT2D eigenvalue weighted by atomic mass is 9.95. The van der Waals surface area contributed by atoms with Crippen molar-refractivity contribution < 1.29 is 19.1 Å². The summed E-state index contributed by atoms with van der Waals surface area (Å²) >= 11 is 0. The number of benzene rings is 1. The summed E-state index contributed by atoms with van der Waals surface area (Å²) in [4.78, 5) is 37.9. The first-order valence-electron chi connectivity index (χ1n) is 8.86. The molecule has 0 radical (unpaired) electrons. The number of carbonyl (C=O) groups excluding carboxylic acids is 3. The van der Waals surface area contributed by atoms with E-state index in [2.05, 4.69) is 5.32 Å². The second kappa shape index (κ2) is 9.20. The van der Waals surface area contributed by atoms with E-state index in [1.54, 1.807) is 31.2 Å². The van der Waals surface area contributed by atoms with Crippen LogP contribution in [0.5, 0.6) is 0 Å². The van der Waals surface area contributed by atoms with Crippen molar-refractivity contribution in [2.45, 2.75) is 52.0 Å². The topological polar surface area (TPSA) is 75.7 Å². The molecule has 6 heteroatoms. The predicted molar refractivity (Wildman–Crippen MR) is 95.4 cm³/mol. The number of ether oxygens (including phenoxy) is 1. The van der Waals surface area contributed by atoms with E-state index in [0.29, 0.717) is 5.69 Å². The summed E-state index contributed by atoms with van der Waals surface area (Å²) in [6.45, 7) is 3.24. The maximum atomic E-state index is 12.4. The summed E-state index contributed by atoms with van der Waals surface area (Å²) in [5, 5.41) is 3.00. The smallest absolute Gasteiger partial charge is 0.340 e. The fourth-order valence-corrected chi connectivity index (χ4v) is 3.12. The van der Waals surface area contributed by atoms with Gasteiger partial charge >= 0.3 is 5.97 Å². The number of rotatable bonds is 6. The standard InChI is InChI=1S/C19H26N2O4/c1-3-25-19(24)16-11-7-8-12-17(16)21(14(2)22)13-18(23)20-15-9-5-4-6-10-15/h7-8,11-12,15H,3-6,9-10,13H2,1-2H3,(H,20,23). The molecular formula is C19H26N2O4. The lowest BCUT2D eigenvalue weighted by molar-refractivity contribution is -0.123. The lowest BCUT2D eigenvalue weighted by Gasteiger charge is -2.26. The van der Waals surface area contributed by atoms with Gasteiger partial charge in [0, 0.05) is 13.0 Å². The van der Waals surface area contributed by atoms with Gasteiger partial charge < -0.3 is 15.0 Å². The summed E-state index contributed by atoms with van der Waals surface area (Å²) in [6.07, 6.45) is 5.40. The quantitative estimate of drug-likeness (QED) is 0.804. The van der Waals surface area contributed by atoms with E-state index in [0.717, 1.165) is 25.7 Å². The fourth-order valence-electron chi connectivity index (χ4n) is 3.12. The molecule has 25 heavy (non-hydrogen) atoms. The summed E-state index contributed by atoms with van der Waals surface area (Å²) in [6, 6.07) is 6.86. The van der Waals surface area contributed by atoms with Crippen molar-refractivity contribution in [3.05, 3.63) is 29.8 Å². The first-order valence-corrected chi connectivity index (χ1v) is 8.86. The molecule has 0 saturated heterocycles. The van der Waals surface area contributed by atoms with E-state index in [1.165, 1.54) is 18.2 Å². The zero-order chi connectivity index (χ0) is 18.2. The zero-order valence-electron chi connectivity index (χ0n) is 14.9. The molecule has 0 bridgehead atoms. The van der Waals surface area contributed by atoms with E-state index in [4.69, 9.17) is 4.74 Å². The molecule has 1 aliphatic carbocycles. The average molecular weight is 346 g/mol. The van der Waals surface area contributed by atoms with Gasteiger partial charge in [-0.15, -0.1) is 0 Å². The van der Waals surface area contributed by atoms with Crippen molar-refractivity contribution in [3.63, 3.8) is 0 Å². The summed E-state index contributed by atoms with van der Waals surface area (Å²) in [5.74, 6) is -1.01. The zero-order valence-corrected chi connectivity index (χ0v) is 14.9. The Morgan fingerprint density at radius 2 is 1.84 bits per heavy atom. The number of amides is 2. The molecule has 0 aliphatic heterocycles. The fraction of sp³-hybridized carbons (Fsp3) is 0.526. The van der Waals surface area contributed by atoms with Gasteiger partial charge in [-0.3, -0.25) is 9.59 Å². The number of esters is 1. The third-order valence-electron chi connectivity index (χ3n) is 4.34. The van der Waals surface area contributed by atoms with Crippen molar-refractivity contribution >= 4 is 23.5 Å². The average Bonchev–Trinajstić information content (AvgIpc) is 2.60. The summed E-state index contributed by atoms with van der Waals surface area (Å²) < 4.78 is 5.05. The molecule has 2 rings (SSSR count). The number of nitrogens with zero attached hydrogens (tertiary/aromatic N) is 1. The Labute approximate surface area is 148 Å². The third kappa shape index (κ3) is 5.31. The molecule has 1 aromatic carbocycles. The van der Waals surface area contributed by atoms with Crippen LogP contribution in [-0.2, 0) is 14.3 Å². The van der Waals surface area contributed by atoms with Crippen LogP contribution in [0.4, 0.5) is 5.69 Å². The van der Waals surface area contributed by atoms with E-state index in [-0.39, 0.29) is 36.6 Å². The Morgan fingerprint density at radius 3 is 2.48 bits per heavy atom. The van der Waals surface area contributed by atoms with Crippen LogP contribution in [0, 0.1) is 0 Å². The Balaban J connectivity index is 2.13. The summed E-state index contributed by atoms with van der Waals surface area (Å²) in [7, 11) is 0. The molecule has 1 aliphatic rings. The van der Waals surface area contributed by atoms with Crippen molar-refractivity contribution in [2.24, 2.45) is 0 Å². The van der Waals surface area contributed by atoms with Crippen LogP contribution in [0.15, 0.2) is 24.3 Å². The molecule has 0 unspecified atom stereocenters. The Morgan fingerprint density at radius 1 is 1.16 bits per heavy atom. The van der Waals surface area contributed by atoms with Crippen molar-refractivity contribution in [3.8, 4) is 0 Å². The molecule has 136 valence electrons. The number of anilines is 1. The second-order valence-electron chi connectivity index (χ2n) is 6.25. The highest BCUT2D eigenvalue weighted by molar-refractivity contribution is 6.04. The van der Waals surface area contributed by atoms with Crippen LogP contribution in [0.25, 0.3) is 0 Å². The van der Waals surface area contributed by atoms with Crippen LogP contribution < -0.4 is 10.2 Å². The highest BCUT2D eigenvalue weighted by atomic mass is 16.5. The Kier molecular flexibility index (Phi) is 6.98. The molecule has 2 amide bonds. The number of hydrogen-bond acceptors (Lipinski definition) is 4. The maximum absolute atomic E-state index is 12.4. The van der Waals surface area contributed by atoms with Crippen LogP contribution >= 0.6 is 0 Å². The molecule has 1 fully saturated rings. The largest absolute Gasteiger partial charge is 0.462 e. The van der Waals surface area contributed by atoms with Gasteiger partial charge in [0.1, 0.15) is 6.54 Å². The van der Waals surface area contributed by atoms with Crippen molar-refractivity contribution in [1.29, 1.82) is 0 Å². The number of carbonyl (C=O) groups is 3. The predicted octanol–water partition coefficient (Wildman–Crippen LogP) is 2.67. The third-order valence-corrected chi connectivity index (χ3v) is 4.34. The van der Waals surface area contributed by atoms with Gasteiger partial charge in [0.05, 0.1) is 17.9 Å². The highest BCUT2D eigenvalue weighted by Crippen LogP contribution is 2.22. The van der Waals surface area contributed by atoms with Gasteiger partial charge in [-0.2, -0.15) is 0 Å². The highest BCUT2D eigenvalue weighted by Gasteiger charge is 2.23. The van der Waals surface area contributed by atoms with Gasteiger partial charge in [-0.1, -0.05) is 31.4 Å². The number of para-hydroxylation sites is 1. The van der Waals surface area contributed by atoms with Crippen LogP contribution in [0.1, 0.15) is 56.3 Å². The Hall–Kier alpha value is -2.37. The molecule has 0 heterocycles. The van der Waals surface area contributed by atoms with Gasteiger partial charge in [0.2, 0.25) is 11.8 Å². The van der Waals surface area contributed by atoms with Gasteiger partial charge in [-0.25, -0.2) is 4.79 Å². The van der Waals surface area contributed by atoms with Crippen molar-refractivity contribution in [1.82, 2.24) is 5.32 Å². The number of nitrogens with one attached hydrogen (secondary N) is 1. The molecule has 0 spiro atoms. The first-order chi connectivity index (χ1) is 12.0. The minimum absolute atomic E-state index is 0.109. The number of hydrogen-bond donors (Lipinski definition) is 1. The molecule has 1 saturated carbocycles. The van der Waals surface area contributed by atoms with E-state index >= 15 is 0 Å². The Bertz CT molecular complexity index is 624. The first kappa shape index (κ1) is 19.0. The molecule has 1 N–H and O–H groups in total. The van der Waals surface area contributed by atoms with E-state index in [9.17, 15) is 14.4 Å². The van der Waals surface area contributed by atoms with E-state index < -0.39 is 5.97 Å². The molecular weight excluding hydrogens is 320 g/mol. The molecule has 1 aromatic rings. The molecule has 0 aromatic heterocycles. The lowest BCUT2D eigenvalue weighted by Crippen LogP contribution is -2.44. The minimum Gasteiger partial charge on any atom is -0.462 e. The van der Waals surface area contributed by atoms with Gasteiger partial charge in [0.15, 0.2) is 0 Å². The monoisotopic (exact) mass is 346 g/mol. The minimum atomic E-state index is -0.503. The van der Waals surface area contributed by atoms with Crippen molar-refractivity contribution in [2.75, 3.05) is 18.1 Å². The molecule has 6 nitrogen and oxygen atoms in total. The normalized spacial score (nSPS) is 14.6. The van der Waals surface area contributed by atoms with Gasteiger partial charge in [0.25, 0.3) is 0 Å². The molecule has 0 atom stereocenters.